The van der Waals surface area contributed by atoms with Crippen molar-refractivity contribution in [2.24, 2.45) is 0 Å². The zero-order valence-corrected chi connectivity index (χ0v) is 15.4. The second-order valence-corrected chi connectivity index (χ2v) is 6.99. The van der Waals surface area contributed by atoms with E-state index in [9.17, 15) is 4.39 Å². The second-order valence-electron chi connectivity index (χ2n) is 5.45. The Morgan fingerprint density at radius 2 is 2.14 bits per heavy atom. The van der Waals surface area contributed by atoms with Crippen LogP contribution in [0.2, 0.25) is 0 Å². The van der Waals surface area contributed by atoms with Crippen LogP contribution in [0.4, 0.5) is 4.39 Å². The highest BCUT2D eigenvalue weighted by Gasteiger charge is 2.14. The van der Waals surface area contributed by atoms with Gasteiger partial charge < -0.3 is 9.47 Å². The molecule has 0 N–H and O–H groups in total. The molecule has 0 unspecified atom stereocenters. The Morgan fingerprint density at radius 3 is 2.76 bits per heavy atom. The Labute approximate surface area is 143 Å². The normalized spacial score (nSPS) is 12.0. The molecule has 2 aromatic rings. The number of rotatable bonds is 6. The predicted molar refractivity (Wildman–Crippen MR) is 94.6 cm³/mol. The Kier molecular flexibility index (Phi) is 5.85. The number of benzene rings is 1. The van der Waals surface area contributed by atoms with Crippen molar-refractivity contribution in [1.29, 1.82) is 0 Å². The number of nitrogens with zero attached hydrogens (tertiary/aromatic N) is 3. The molecule has 0 radical (unpaired) electrons. The molecule has 116 valence electrons. The van der Waals surface area contributed by atoms with E-state index in [0.29, 0.717) is 21.9 Å². The Morgan fingerprint density at radius 1 is 1.43 bits per heavy atom. The van der Waals surface area contributed by atoms with Gasteiger partial charge in [0.05, 0.1) is 14.6 Å². The monoisotopic (exact) mass is 423 g/mol. The molecule has 1 aromatic heterocycles. The van der Waals surface area contributed by atoms with E-state index >= 15 is 0 Å². The zero-order valence-electron chi connectivity index (χ0n) is 12.5. The quantitative estimate of drug-likeness (QED) is 0.519. The van der Waals surface area contributed by atoms with E-state index in [0.717, 1.165) is 29.9 Å². The van der Waals surface area contributed by atoms with Gasteiger partial charge in [-0.3, -0.25) is 0 Å². The van der Waals surface area contributed by atoms with Crippen molar-refractivity contribution >= 4 is 45.2 Å². The maximum Gasteiger partial charge on any atom is 0.138 e. The summed E-state index contributed by atoms with van der Waals surface area (Å²) in [7, 11) is 2.09. The van der Waals surface area contributed by atoms with Gasteiger partial charge in [-0.2, -0.15) is 0 Å². The van der Waals surface area contributed by atoms with E-state index in [-0.39, 0.29) is 5.82 Å². The summed E-state index contributed by atoms with van der Waals surface area (Å²) in [5.41, 5.74) is 1.69. The number of alkyl halides is 1. The second kappa shape index (κ2) is 7.24. The lowest BCUT2D eigenvalue weighted by molar-refractivity contribution is 0.263. The molecular weight excluding hydrogens is 404 g/mol. The topological polar surface area (TPSA) is 21.1 Å². The molecule has 0 fully saturated rings. The van der Waals surface area contributed by atoms with Gasteiger partial charge >= 0.3 is 0 Å². The van der Waals surface area contributed by atoms with Crippen LogP contribution in [0.25, 0.3) is 11.0 Å². The lowest BCUT2D eigenvalue weighted by Gasteiger charge is -2.21. The summed E-state index contributed by atoms with van der Waals surface area (Å²) >= 11 is 7.87. The summed E-state index contributed by atoms with van der Waals surface area (Å²) in [5.74, 6) is 1.25. The van der Waals surface area contributed by atoms with Crippen LogP contribution in [0.1, 0.15) is 19.7 Å². The molecule has 6 heteroatoms. The minimum Gasteiger partial charge on any atom is -0.327 e. The molecule has 0 saturated carbocycles. The van der Waals surface area contributed by atoms with Crippen LogP contribution in [-0.4, -0.2) is 40.0 Å². The molecule has 0 amide bonds. The van der Waals surface area contributed by atoms with Gasteiger partial charge in [0.2, 0.25) is 0 Å². The van der Waals surface area contributed by atoms with Crippen molar-refractivity contribution in [3.05, 3.63) is 27.3 Å². The van der Waals surface area contributed by atoms with E-state index in [4.69, 9.17) is 11.6 Å². The van der Waals surface area contributed by atoms with Crippen LogP contribution in [-0.2, 0) is 13.0 Å². The lowest BCUT2D eigenvalue weighted by Crippen LogP contribution is -2.30. The first-order valence-corrected chi connectivity index (χ1v) is 8.65. The van der Waals surface area contributed by atoms with Crippen LogP contribution < -0.4 is 0 Å². The molecular formula is C15H20ClFIN3. The largest absolute Gasteiger partial charge is 0.327 e. The van der Waals surface area contributed by atoms with E-state index in [1.54, 1.807) is 12.1 Å². The fraction of sp³-hybridized carbons (Fsp3) is 0.533. The molecule has 0 aliphatic heterocycles. The Bertz CT molecular complexity index is 627. The molecule has 0 aliphatic carbocycles. The minimum absolute atomic E-state index is 0.195. The number of halogens is 3. The smallest absolute Gasteiger partial charge is 0.138 e. The molecule has 0 aliphatic rings. The van der Waals surface area contributed by atoms with Crippen molar-refractivity contribution in [3.8, 4) is 0 Å². The molecule has 3 nitrogen and oxygen atoms in total. The maximum absolute atomic E-state index is 13.9. The van der Waals surface area contributed by atoms with Crippen LogP contribution in [0, 0.1) is 9.39 Å². The van der Waals surface area contributed by atoms with Gasteiger partial charge in [-0.1, -0.05) is 0 Å². The molecule has 21 heavy (non-hydrogen) atoms. The highest BCUT2D eigenvalue weighted by Crippen LogP contribution is 2.22. The predicted octanol–water partition coefficient (Wildman–Crippen LogP) is 3.90. The molecule has 1 aromatic carbocycles. The number of likely N-dealkylation sites (N-methyl/N-ethyl adjacent to an activating group) is 1. The van der Waals surface area contributed by atoms with E-state index in [1.807, 2.05) is 22.6 Å². The standard InChI is InChI=1S/C15H20ClFIN3/c1-10(2)20(3)6-7-21-14-8-11(17)12(18)9-13(14)19-15(21)4-5-16/h8-10H,4-7H2,1-3H3. The molecule has 0 bridgehead atoms. The van der Waals surface area contributed by atoms with Crippen molar-refractivity contribution in [2.45, 2.75) is 32.9 Å². The number of aryl methyl sites for hydroxylation is 1. The van der Waals surface area contributed by atoms with Crippen molar-refractivity contribution < 1.29 is 4.39 Å². The highest BCUT2D eigenvalue weighted by atomic mass is 127. The number of aromatic nitrogens is 2. The summed E-state index contributed by atoms with van der Waals surface area (Å²) in [6.07, 6.45) is 0.694. The van der Waals surface area contributed by atoms with Gasteiger partial charge in [0, 0.05) is 37.5 Å². The van der Waals surface area contributed by atoms with Crippen LogP contribution in [0.3, 0.4) is 0 Å². The van der Waals surface area contributed by atoms with Gasteiger partial charge in [0.1, 0.15) is 11.6 Å². The summed E-state index contributed by atoms with van der Waals surface area (Å²) in [6.45, 7) is 6.00. The van der Waals surface area contributed by atoms with Crippen LogP contribution >= 0.6 is 34.2 Å². The average molecular weight is 424 g/mol. The summed E-state index contributed by atoms with van der Waals surface area (Å²) < 4.78 is 16.6. The highest BCUT2D eigenvalue weighted by molar-refractivity contribution is 14.1. The summed E-state index contributed by atoms with van der Waals surface area (Å²) in [5, 5.41) is 0. The van der Waals surface area contributed by atoms with Gasteiger partial charge in [-0.25, -0.2) is 9.37 Å². The van der Waals surface area contributed by atoms with E-state index in [1.165, 1.54) is 0 Å². The zero-order chi connectivity index (χ0) is 15.6. The number of imidazole rings is 1. The number of fused-ring (bicyclic) bond motifs is 1. The molecule has 0 saturated heterocycles. The summed E-state index contributed by atoms with van der Waals surface area (Å²) in [6, 6.07) is 3.86. The van der Waals surface area contributed by atoms with Crippen molar-refractivity contribution in [2.75, 3.05) is 19.5 Å². The number of hydrogen-bond acceptors (Lipinski definition) is 2. The van der Waals surface area contributed by atoms with Crippen molar-refractivity contribution in [3.63, 3.8) is 0 Å². The first-order chi connectivity index (χ1) is 9.93. The van der Waals surface area contributed by atoms with Gasteiger partial charge in [-0.05, 0) is 49.6 Å². The third-order valence-electron chi connectivity index (χ3n) is 3.75. The first kappa shape index (κ1) is 17.0. The SMILES string of the molecule is CC(C)N(C)CCn1c(CCCl)nc2cc(I)c(F)cc21. The molecule has 2 rings (SSSR count). The Hall–Kier alpha value is -0.400. The minimum atomic E-state index is -0.195. The molecule has 0 spiro atoms. The maximum atomic E-state index is 13.9. The van der Waals surface area contributed by atoms with Crippen LogP contribution in [0.5, 0.6) is 0 Å². The molecule has 0 atom stereocenters. The fourth-order valence-electron chi connectivity index (χ4n) is 2.21. The van der Waals surface area contributed by atoms with Gasteiger partial charge in [0.25, 0.3) is 0 Å². The van der Waals surface area contributed by atoms with E-state index < -0.39 is 0 Å². The average Bonchev–Trinajstić information content (AvgIpc) is 2.74. The third-order valence-corrected chi connectivity index (χ3v) is 4.76. The van der Waals surface area contributed by atoms with Gasteiger partial charge in [-0.15, -0.1) is 11.6 Å². The lowest BCUT2D eigenvalue weighted by atomic mass is 10.3. The Balaban J connectivity index is 2.38. The van der Waals surface area contributed by atoms with Gasteiger partial charge in [0.15, 0.2) is 0 Å². The van der Waals surface area contributed by atoms with E-state index in [2.05, 4.69) is 35.3 Å². The fourth-order valence-corrected chi connectivity index (χ4v) is 2.83. The summed E-state index contributed by atoms with van der Waals surface area (Å²) in [4.78, 5) is 6.88. The van der Waals surface area contributed by atoms with Crippen molar-refractivity contribution in [1.82, 2.24) is 14.5 Å². The first-order valence-electron chi connectivity index (χ1n) is 7.04. The molecule has 1 heterocycles. The van der Waals surface area contributed by atoms with Crippen LogP contribution in [0.15, 0.2) is 12.1 Å². The number of hydrogen-bond donors (Lipinski definition) is 0. The third kappa shape index (κ3) is 3.87.